The molecule has 4 unspecified atom stereocenters. The van der Waals surface area contributed by atoms with Crippen molar-refractivity contribution in [3.05, 3.63) is 46.5 Å². The van der Waals surface area contributed by atoms with Gasteiger partial charge in [0.2, 0.25) is 5.91 Å². The van der Waals surface area contributed by atoms with Gasteiger partial charge < -0.3 is 29.3 Å². The number of epoxide rings is 1. The number of nitrogens with one attached hydrogen (secondary N) is 1. The average molecular weight is 666 g/mol. The molecular weight excluding hydrogens is 614 g/mol. The van der Waals surface area contributed by atoms with Crippen molar-refractivity contribution < 1.29 is 38.8 Å². The zero-order valence-corrected chi connectivity index (χ0v) is 29.6. The summed E-state index contributed by atoms with van der Waals surface area (Å²) in [6.07, 6.45) is 6.20. The van der Waals surface area contributed by atoms with Crippen molar-refractivity contribution in [1.82, 2.24) is 10.2 Å². The third kappa shape index (κ3) is 10.2. The molecule has 12 heteroatoms. The van der Waals surface area contributed by atoms with Crippen molar-refractivity contribution in [3.63, 3.8) is 0 Å². The van der Waals surface area contributed by atoms with E-state index in [2.05, 4.69) is 5.32 Å². The zero-order chi connectivity index (χ0) is 35.0. The van der Waals surface area contributed by atoms with E-state index >= 15 is 0 Å². The van der Waals surface area contributed by atoms with Gasteiger partial charge in [-0.3, -0.25) is 19.8 Å². The van der Waals surface area contributed by atoms with Crippen LogP contribution in [-0.2, 0) is 25.5 Å². The Bertz CT molecular complexity index is 1300. The minimum atomic E-state index is -1.40. The summed E-state index contributed by atoms with van der Waals surface area (Å²) in [5.74, 6) is -0.510. The maximum absolute atomic E-state index is 13.2. The molecule has 11 nitrogen and oxygen atoms in total. The monoisotopic (exact) mass is 665 g/mol. The number of methoxy groups -OCH3 is 1. The Labute approximate surface area is 278 Å². The molecule has 0 radical (unpaired) electrons. The van der Waals surface area contributed by atoms with Crippen LogP contribution in [0.15, 0.2) is 35.9 Å². The molecule has 258 valence electrons. The van der Waals surface area contributed by atoms with Gasteiger partial charge in [0.15, 0.2) is 0 Å². The highest BCUT2D eigenvalue weighted by molar-refractivity contribution is 6.35. The number of benzene rings is 1. The molecule has 0 aliphatic carbocycles. The van der Waals surface area contributed by atoms with Gasteiger partial charge in [0, 0.05) is 32.2 Å². The first kappa shape index (κ1) is 39.1. The maximum Gasteiger partial charge on any atom is 0.409 e. The third-order valence-electron chi connectivity index (χ3n) is 8.59. The van der Waals surface area contributed by atoms with Gasteiger partial charge in [0.25, 0.3) is 0 Å². The predicted molar refractivity (Wildman–Crippen MR) is 179 cm³/mol. The number of aliphatic hydroxyl groups is 1. The second kappa shape index (κ2) is 16.6. The molecule has 3 aliphatic rings. The van der Waals surface area contributed by atoms with Crippen molar-refractivity contribution in [2.45, 2.75) is 103 Å². The molecule has 2 saturated heterocycles. The van der Waals surface area contributed by atoms with Gasteiger partial charge in [-0.25, -0.2) is 4.79 Å². The molecule has 4 bridgehead atoms. The zero-order valence-electron chi connectivity index (χ0n) is 28.8. The fraction of sp³-hybridized carbons (Fsp3) is 0.618. The Kier molecular flexibility index (Phi) is 14.1. The number of carbonyl (C=O) groups excluding carboxylic acids is 2. The van der Waals surface area contributed by atoms with Gasteiger partial charge in [-0.05, 0) is 65.4 Å². The van der Waals surface area contributed by atoms with E-state index in [0.29, 0.717) is 29.3 Å². The van der Waals surface area contributed by atoms with Crippen LogP contribution in [0, 0.1) is 5.92 Å². The number of halogens is 1. The number of fused-ring (bicyclic) bond motifs is 5. The van der Waals surface area contributed by atoms with Crippen molar-refractivity contribution in [1.29, 1.82) is 0 Å². The summed E-state index contributed by atoms with van der Waals surface area (Å²) in [6.45, 7) is 11.6. The van der Waals surface area contributed by atoms with Gasteiger partial charge in [0.05, 0.1) is 24.5 Å². The first-order valence-electron chi connectivity index (χ1n) is 15.7. The minimum Gasteiger partial charge on any atom is -0.495 e. The molecule has 3 aliphatic heterocycles. The Hall–Kier alpha value is -3.12. The van der Waals surface area contributed by atoms with E-state index in [0.717, 1.165) is 11.1 Å². The summed E-state index contributed by atoms with van der Waals surface area (Å²) in [5.41, 5.74) is 0.692. The first-order valence-corrected chi connectivity index (χ1v) is 16.1. The van der Waals surface area contributed by atoms with Crippen LogP contribution in [0.2, 0.25) is 5.02 Å². The number of carboxylic acids is 1. The Morgan fingerprint density at radius 2 is 1.91 bits per heavy atom. The van der Waals surface area contributed by atoms with Gasteiger partial charge in [-0.2, -0.15) is 0 Å². The molecule has 1 aromatic carbocycles. The van der Waals surface area contributed by atoms with E-state index in [1.165, 1.54) is 0 Å². The molecule has 1 aromatic rings. The van der Waals surface area contributed by atoms with Crippen molar-refractivity contribution in [2.75, 3.05) is 33.2 Å². The quantitative estimate of drug-likeness (QED) is 0.354. The van der Waals surface area contributed by atoms with Crippen LogP contribution in [0.4, 0.5) is 10.5 Å². The van der Waals surface area contributed by atoms with E-state index in [4.69, 9.17) is 30.9 Å². The Balaban J connectivity index is 0.000000643. The van der Waals surface area contributed by atoms with E-state index in [9.17, 15) is 19.5 Å². The van der Waals surface area contributed by atoms with E-state index in [1.807, 2.05) is 65.0 Å². The van der Waals surface area contributed by atoms with Crippen molar-refractivity contribution in [2.24, 2.45) is 5.92 Å². The number of aliphatic carboxylic acids is 1. The average Bonchev–Trinajstić information content (AvgIpc) is 3.69. The topological polar surface area (TPSA) is 141 Å². The van der Waals surface area contributed by atoms with Gasteiger partial charge in [-0.1, -0.05) is 56.2 Å². The van der Waals surface area contributed by atoms with Crippen molar-refractivity contribution >= 4 is 35.3 Å². The number of amides is 2. The number of hydrogen-bond donors (Lipinski definition) is 3. The van der Waals surface area contributed by atoms with Gasteiger partial charge in [0.1, 0.15) is 28.6 Å². The normalized spacial score (nSPS) is 30.4. The van der Waals surface area contributed by atoms with Crippen LogP contribution < -0.4 is 15.0 Å². The fourth-order valence-electron chi connectivity index (χ4n) is 5.41. The number of alkyl carbamates (subject to hydrolysis) is 1. The lowest BCUT2D eigenvalue weighted by molar-refractivity contribution is -0.141. The second-order valence-corrected chi connectivity index (χ2v) is 12.8. The summed E-state index contributed by atoms with van der Waals surface area (Å²) >= 11 is 6.59. The van der Waals surface area contributed by atoms with Crippen LogP contribution in [0.5, 0.6) is 5.75 Å². The minimum absolute atomic E-state index is 0.0879. The van der Waals surface area contributed by atoms with Crippen LogP contribution in [0.25, 0.3) is 0 Å². The highest BCUT2D eigenvalue weighted by Crippen LogP contribution is 2.47. The number of ether oxygens (including phenoxy) is 3. The number of rotatable bonds is 3. The molecule has 0 spiro atoms. The smallest absolute Gasteiger partial charge is 0.409 e. The molecule has 3 heterocycles. The largest absolute Gasteiger partial charge is 0.495 e. The van der Waals surface area contributed by atoms with Gasteiger partial charge >= 0.3 is 12.1 Å². The van der Waals surface area contributed by atoms with Crippen LogP contribution in [0.3, 0.4) is 0 Å². The number of carbonyl (C=O) groups is 3. The van der Waals surface area contributed by atoms with Crippen LogP contribution in [0.1, 0.15) is 72.8 Å². The fourth-order valence-corrected chi connectivity index (χ4v) is 5.73. The number of likely N-dealkylation sites (N-methyl/N-ethyl adjacent to an activating group) is 1. The number of anilines is 1. The molecular formula is C34H52ClN3O8. The molecule has 46 heavy (non-hydrogen) atoms. The number of nitrogens with zero attached hydrogens (tertiary/aromatic N) is 2. The second-order valence-electron chi connectivity index (χ2n) is 12.4. The van der Waals surface area contributed by atoms with Crippen LogP contribution in [-0.4, -0.2) is 90.9 Å². The lowest BCUT2D eigenvalue weighted by Gasteiger charge is -2.38. The van der Waals surface area contributed by atoms with E-state index < -0.39 is 29.5 Å². The first-order chi connectivity index (χ1) is 21.5. The SMILES string of the molecule is CC.CC(C(=O)O)N(C)C.COc1cc2cc(c1Cl)N(C)C(=O)CCC1(C)OC1[C@H](C)C1C[C@](O)(C/C=C/C=C(\C)C2)NC(=O)O1. The summed E-state index contributed by atoms with van der Waals surface area (Å²) in [7, 11) is 6.74. The number of carboxylic acid groups (broad SMARTS) is 1. The number of hydrogen-bond acceptors (Lipinski definition) is 8. The van der Waals surface area contributed by atoms with E-state index in [-0.39, 0.29) is 43.2 Å². The Morgan fingerprint density at radius 1 is 1.26 bits per heavy atom. The molecule has 2 amide bonds. The molecule has 6 atom stereocenters. The van der Waals surface area contributed by atoms with Gasteiger partial charge in [-0.15, -0.1) is 0 Å². The molecule has 3 N–H and O–H groups in total. The standard InChI is InChI=1S/C27H35ClN2O6.C5H11NO2.C2H6/c1-16-8-6-7-10-27(33)15-21(35-25(32)29-27)17(2)24-26(3,36-24)11-9-22(31)30(4)19-13-18(12-16)14-20(34-5)23(19)28;1-4(5(7)8)6(2)3;1-2/h6-8,13-14,17,21,24,33H,9-12,15H2,1-5H3,(H,29,32);4H,1-3H3,(H,7,8);1-2H3/b7-6+,16-8+;;/t17-,21?,24?,26?,27-;;/m1../s1. The molecule has 4 rings (SSSR count). The number of allylic oxidation sites excluding steroid dienone is 3. The summed E-state index contributed by atoms with van der Waals surface area (Å²) in [4.78, 5) is 38.7. The Morgan fingerprint density at radius 3 is 2.48 bits per heavy atom. The lowest BCUT2D eigenvalue weighted by Crippen LogP contribution is -2.57. The summed E-state index contributed by atoms with van der Waals surface area (Å²) < 4.78 is 17.0. The van der Waals surface area contributed by atoms with Crippen LogP contribution >= 0.6 is 11.6 Å². The summed E-state index contributed by atoms with van der Waals surface area (Å²) in [5, 5.41) is 22.3. The summed E-state index contributed by atoms with van der Waals surface area (Å²) in [6, 6.07) is 3.41. The third-order valence-corrected chi connectivity index (χ3v) is 8.97. The predicted octanol–water partition coefficient (Wildman–Crippen LogP) is 5.57. The lowest BCUT2D eigenvalue weighted by atomic mass is 9.85. The maximum atomic E-state index is 13.2. The molecule has 0 saturated carbocycles. The van der Waals surface area contributed by atoms with E-state index in [1.54, 1.807) is 45.0 Å². The molecule has 0 aromatic heterocycles. The molecule has 2 fully saturated rings. The highest BCUT2D eigenvalue weighted by Gasteiger charge is 2.58. The van der Waals surface area contributed by atoms with Crippen molar-refractivity contribution in [3.8, 4) is 5.75 Å². The highest BCUT2D eigenvalue weighted by atomic mass is 35.5.